The molecule has 160 valence electrons. The molecule has 2 heterocycles. The monoisotopic (exact) mass is 454 g/mol. The lowest BCUT2D eigenvalue weighted by Gasteiger charge is -2.11. The third-order valence-corrected chi connectivity index (χ3v) is 6.78. The van der Waals surface area contributed by atoms with Crippen molar-refractivity contribution in [2.45, 2.75) is 32.0 Å². The van der Waals surface area contributed by atoms with Gasteiger partial charge in [-0.05, 0) is 35.7 Å². The van der Waals surface area contributed by atoms with E-state index in [-0.39, 0.29) is 11.7 Å². The number of aryl methyl sites for hydroxylation is 2. The second-order valence-electron chi connectivity index (χ2n) is 6.85. The molecule has 10 heteroatoms. The lowest BCUT2D eigenvalue weighted by molar-refractivity contribution is -0.113. The number of anilines is 1. The Morgan fingerprint density at radius 2 is 2.00 bits per heavy atom. The minimum atomic E-state index is -0.156. The van der Waals surface area contributed by atoms with Crippen LogP contribution in [0.2, 0.25) is 0 Å². The van der Waals surface area contributed by atoms with Crippen LogP contribution in [0.5, 0.6) is 5.75 Å². The highest BCUT2D eigenvalue weighted by Crippen LogP contribution is 2.28. The molecule has 0 atom stereocenters. The zero-order chi connectivity index (χ0) is 21.8. The van der Waals surface area contributed by atoms with E-state index < -0.39 is 0 Å². The Labute approximate surface area is 188 Å². The summed E-state index contributed by atoms with van der Waals surface area (Å²) in [6, 6.07) is 12.3. The highest BCUT2D eigenvalue weighted by molar-refractivity contribution is 7.99. The Kier molecular flexibility index (Phi) is 6.47. The van der Waals surface area contributed by atoms with Gasteiger partial charge < -0.3 is 9.30 Å². The third kappa shape index (κ3) is 4.86. The van der Waals surface area contributed by atoms with Crippen molar-refractivity contribution in [3.05, 3.63) is 52.8 Å². The normalized spacial score (nSPS) is 11.1. The van der Waals surface area contributed by atoms with Gasteiger partial charge >= 0.3 is 0 Å². The summed E-state index contributed by atoms with van der Waals surface area (Å²) in [5, 5.41) is 23.5. The number of nitrogens with zero attached hydrogens (tertiary/aromatic N) is 5. The van der Waals surface area contributed by atoms with Crippen molar-refractivity contribution >= 4 is 44.9 Å². The van der Waals surface area contributed by atoms with Gasteiger partial charge in [-0.3, -0.25) is 10.1 Å². The number of ether oxygens (including phenoxy) is 1. The standard InChI is InChI=1S/C21H22N6O2S2/c1-4-19-24-25-20(31-19)22-18(28)12-30-21-26-23-17(27(21)3)11-29-16-10-9-14-7-5-6-8-15(14)13(16)2/h5-10H,4,11-12H2,1-3H3,(H,22,25,28). The maximum Gasteiger partial charge on any atom is 0.236 e. The highest BCUT2D eigenvalue weighted by atomic mass is 32.2. The summed E-state index contributed by atoms with van der Waals surface area (Å²) in [4.78, 5) is 12.2. The highest BCUT2D eigenvalue weighted by Gasteiger charge is 2.14. The van der Waals surface area contributed by atoms with Gasteiger partial charge in [0.05, 0.1) is 5.75 Å². The Bertz CT molecular complexity index is 1220. The van der Waals surface area contributed by atoms with Gasteiger partial charge in [0.15, 0.2) is 11.0 Å². The molecular formula is C21H22N6O2S2. The van der Waals surface area contributed by atoms with Crippen molar-refractivity contribution in [3.8, 4) is 5.75 Å². The molecule has 0 fully saturated rings. The molecule has 2 aromatic heterocycles. The number of carbonyl (C=O) groups is 1. The number of rotatable bonds is 8. The molecule has 31 heavy (non-hydrogen) atoms. The minimum absolute atomic E-state index is 0.156. The van der Waals surface area contributed by atoms with E-state index in [0.717, 1.165) is 22.7 Å². The van der Waals surface area contributed by atoms with Gasteiger partial charge in [0.25, 0.3) is 0 Å². The first-order valence-corrected chi connectivity index (χ1v) is 11.6. The molecule has 0 saturated heterocycles. The minimum Gasteiger partial charge on any atom is -0.485 e. The zero-order valence-corrected chi connectivity index (χ0v) is 19.1. The van der Waals surface area contributed by atoms with Gasteiger partial charge in [-0.25, -0.2) is 0 Å². The number of amides is 1. The fraction of sp³-hybridized carbons (Fsp3) is 0.286. The number of hydrogen-bond acceptors (Lipinski definition) is 8. The van der Waals surface area contributed by atoms with Crippen LogP contribution < -0.4 is 10.1 Å². The van der Waals surface area contributed by atoms with E-state index in [9.17, 15) is 4.79 Å². The molecular weight excluding hydrogens is 432 g/mol. The zero-order valence-electron chi connectivity index (χ0n) is 17.5. The molecule has 1 amide bonds. The number of benzene rings is 2. The molecule has 0 radical (unpaired) electrons. The number of fused-ring (bicyclic) bond motifs is 1. The lowest BCUT2D eigenvalue weighted by Crippen LogP contribution is -2.14. The first kappa shape index (κ1) is 21.3. The Balaban J connectivity index is 1.35. The van der Waals surface area contributed by atoms with E-state index >= 15 is 0 Å². The quantitative estimate of drug-likeness (QED) is 0.402. The molecule has 0 aliphatic heterocycles. The third-order valence-electron chi connectivity index (χ3n) is 4.78. The first-order valence-electron chi connectivity index (χ1n) is 9.79. The summed E-state index contributed by atoms with van der Waals surface area (Å²) < 4.78 is 7.86. The van der Waals surface area contributed by atoms with E-state index in [2.05, 4.69) is 50.8 Å². The number of nitrogens with one attached hydrogen (secondary N) is 1. The van der Waals surface area contributed by atoms with Crippen LogP contribution in [-0.2, 0) is 24.9 Å². The Hall–Kier alpha value is -2.98. The van der Waals surface area contributed by atoms with E-state index in [4.69, 9.17) is 4.74 Å². The first-order chi connectivity index (χ1) is 15.0. The van der Waals surface area contributed by atoms with Crippen molar-refractivity contribution in [3.63, 3.8) is 0 Å². The molecule has 4 aromatic rings. The van der Waals surface area contributed by atoms with Crippen molar-refractivity contribution in [2.75, 3.05) is 11.1 Å². The van der Waals surface area contributed by atoms with Crippen molar-refractivity contribution in [1.29, 1.82) is 0 Å². The van der Waals surface area contributed by atoms with Gasteiger partial charge in [-0.15, -0.1) is 20.4 Å². The van der Waals surface area contributed by atoms with Crippen LogP contribution in [0.3, 0.4) is 0 Å². The average Bonchev–Trinajstić information content (AvgIpc) is 3.38. The summed E-state index contributed by atoms with van der Waals surface area (Å²) in [7, 11) is 1.87. The topological polar surface area (TPSA) is 94.8 Å². The second kappa shape index (κ2) is 9.44. The van der Waals surface area contributed by atoms with E-state index in [0.29, 0.717) is 22.7 Å². The molecule has 2 aromatic carbocycles. The van der Waals surface area contributed by atoms with Gasteiger partial charge in [-0.2, -0.15) is 0 Å². The van der Waals surface area contributed by atoms with Crippen molar-refractivity contribution < 1.29 is 9.53 Å². The number of thioether (sulfide) groups is 1. The van der Waals surface area contributed by atoms with Crippen LogP contribution in [0.25, 0.3) is 10.8 Å². The smallest absolute Gasteiger partial charge is 0.236 e. The average molecular weight is 455 g/mol. The largest absolute Gasteiger partial charge is 0.485 e. The van der Waals surface area contributed by atoms with Crippen LogP contribution in [0.15, 0.2) is 41.6 Å². The molecule has 0 spiro atoms. The second-order valence-corrected chi connectivity index (χ2v) is 8.85. The number of carbonyl (C=O) groups excluding carboxylic acids is 1. The summed E-state index contributed by atoms with van der Waals surface area (Å²) in [6.07, 6.45) is 0.796. The van der Waals surface area contributed by atoms with E-state index in [1.54, 1.807) is 0 Å². The molecule has 0 bridgehead atoms. The van der Waals surface area contributed by atoms with Crippen LogP contribution in [-0.4, -0.2) is 36.6 Å². The number of aromatic nitrogens is 5. The van der Waals surface area contributed by atoms with Crippen LogP contribution >= 0.6 is 23.1 Å². The summed E-state index contributed by atoms with van der Waals surface area (Å²) in [5.74, 6) is 1.56. The van der Waals surface area contributed by atoms with Crippen LogP contribution in [0.1, 0.15) is 23.3 Å². The van der Waals surface area contributed by atoms with Gasteiger partial charge in [0.2, 0.25) is 11.0 Å². The molecule has 1 N–H and O–H groups in total. The van der Waals surface area contributed by atoms with Crippen molar-refractivity contribution in [2.24, 2.45) is 7.05 Å². The van der Waals surface area contributed by atoms with Gasteiger partial charge in [0, 0.05) is 7.05 Å². The van der Waals surface area contributed by atoms with E-state index in [1.807, 2.05) is 36.7 Å². The van der Waals surface area contributed by atoms with Gasteiger partial charge in [-0.1, -0.05) is 60.4 Å². The van der Waals surface area contributed by atoms with Crippen LogP contribution in [0.4, 0.5) is 5.13 Å². The van der Waals surface area contributed by atoms with Crippen LogP contribution in [0, 0.1) is 6.92 Å². The molecule has 4 rings (SSSR count). The fourth-order valence-corrected chi connectivity index (χ4v) is 4.46. The molecule has 8 nitrogen and oxygen atoms in total. The predicted octanol–water partition coefficient (Wildman–Crippen LogP) is 4.00. The molecule has 0 aliphatic rings. The maximum atomic E-state index is 12.2. The molecule has 0 aliphatic carbocycles. The van der Waals surface area contributed by atoms with Crippen molar-refractivity contribution in [1.82, 2.24) is 25.0 Å². The summed E-state index contributed by atoms with van der Waals surface area (Å²) >= 11 is 2.70. The molecule has 0 saturated carbocycles. The van der Waals surface area contributed by atoms with Gasteiger partial charge in [0.1, 0.15) is 17.4 Å². The fourth-order valence-electron chi connectivity index (χ4n) is 3.03. The lowest BCUT2D eigenvalue weighted by atomic mass is 10.0. The van der Waals surface area contributed by atoms with E-state index in [1.165, 1.54) is 33.9 Å². The maximum absolute atomic E-state index is 12.2. The summed E-state index contributed by atoms with van der Waals surface area (Å²) in [6.45, 7) is 4.34. The summed E-state index contributed by atoms with van der Waals surface area (Å²) in [5.41, 5.74) is 1.09. The molecule has 0 unspecified atom stereocenters. The SMILES string of the molecule is CCc1nnc(NC(=O)CSc2nnc(COc3ccc4ccccc4c3C)n2C)s1. The Morgan fingerprint density at radius 3 is 2.81 bits per heavy atom. The Morgan fingerprint density at radius 1 is 1.16 bits per heavy atom. The number of hydrogen-bond donors (Lipinski definition) is 1. The predicted molar refractivity (Wildman–Crippen MR) is 123 cm³/mol.